The molecule has 0 bridgehead atoms. The maximum Gasteiger partial charge on any atom is 0.414 e. The first-order chi connectivity index (χ1) is 20.7. The molecule has 240 valence electrons. The second-order valence-electron chi connectivity index (χ2n) is 10.3. The van der Waals surface area contributed by atoms with Crippen LogP contribution in [0, 0.1) is 0 Å². The summed E-state index contributed by atoms with van der Waals surface area (Å²) in [6.07, 6.45) is 0.825. The molecule has 12 heteroatoms. The number of hydrogen-bond acceptors (Lipinski definition) is 10. The molecule has 0 unspecified atom stereocenters. The summed E-state index contributed by atoms with van der Waals surface area (Å²) in [5, 5.41) is 0. The Hall–Kier alpha value is -3.29. The molecule has 0 aliphatic carbocycles. The van der Waals surface area contributed by atoms with Crippen molar-refractivity contribution in [3.8, 4) is 0 Å². The van der Waals surface area contributed by atoms with Crippen LogP contribution < -0.4 is 10.5 Å². The zero-order valence-electron chi connectivity index (χ0n) is 25.8. The van der Waals surface area contributed by atoms with Crippen LogP contribution in [0.1, 0.15) is 33.3 Å². The molecule has 0 N–H and O–H groups in total. The van der Waals surface area contributed by atoms with Gasteiger partial charge in [0.25, 0.3) is 5.56 Å². The zero-order valence-corrected chi connectivity index (χ0v) is 25.8. The molecule has 1 heterocycles. The SMILES string of the molecule is CCOC(=O)Cn1cc(N(CCOCCOCCOCCOCCOCc2ccccc2)C(=O)OC(C)(C)C)ccc1=O. The number of carbonyl (C=O) groups excluding carboxylic acids is 2. The summed E-state index contributed by atoms with van der Waals surface area (Å²) in [5.74, 6) is -0.548. The molecule has 0 saturated heterocycles. The van der Waals surface area contributed by atoms with E-state index in [0.29, 0.717) is 65.1 Å². The summed E-state index contributed by atoms with van der Waals surface area (Å²) in [6.45, 7) is 11.3. The molecular weight excluding hydrogens is 560 g/mol. The van der Waals surface area contributed by atoms with E-state index in [2.05, 4.69) is 0 Å². The fraction of sp³-hybridized carbons (Fsp3) is 0.581. The van der Waals surface area contributed by atoms with Crippen LogP contribution in [-0.2, 0) is 51.1 Å². The topological polar surface area (TPSA) is 124 Å². The van der Waals surface area contributed by atoms with E-state index in [1.165, 1.54) is 27.8 Å². The Bertz CT molecular complexity index is 1120. The van der Waals surface area contributed by atoms with Gasteiger partial charge in [0.1, 0.15) is 12.1 Å². The van der Waals surface area contributed by atoms with Gasteiger partial charge in [-0.15, -0.1) is 0 Å². The quantitative estimate of drug-likeness (QED) is 0.154. The number of pyridine rings is 1. The molecule has 0 spiro atoms. The van der Waals surface area contributed by atoms with Crippen molar-refractivity contribution in [1.29, 1.82) is 0 Å². The van der Waals surface area contributed by atoms with Crippen LogP contribution in [0.4, 0.5) is 10.5 Å². The van der Waals surface area contributed by atoms with E-state index in [1.54, 1.807) is 27.7 Å². The highest BCUT2D eigenvalue weighted by Gasteiger charge is 2.24. The Morgan fingerprint density at radius 2 is 1.33 bits per heavy atom. The van der Waals surface area contributed by atoms with E-state index in [9.17, 15) is 14.4 Å². The largest absolute Gasteiger partial charge is 0.465 e. The van der Waals surface area contributed by atoms with Crippen LogP contribution in [0.2, 0.25) is 0 Å². The van der Waals surface area contributed by atoms with Gasteiger partial charge in [-0.05, 0) is 39.3 Å². The van der Waals surface area contributed by atoms with Crippen LogP contribution in [0.25, 0.3) is 0 Å². The van der Waals surface area contributed by atoms with Gasteiger partial charge in [-0.1, -0.05) is 30.3 Å². The first-order valence-electron chi connectivity index (χ1n) is 14.5. The van der Waals surface area contributed by atoms with Gasteiger partial charge >= 0.3 is 12.1 Å². The first kappa shape index (κ1) is 35.9. The second kappa shape index (κ2) is 20.6. The summed E-state index contributed by atoms with van der Waals surface area (Å²) in [4.78, 5) is 38.4. The van der Waals surface area contributed by atoms with E-state index in [0.717, 1.165) is 5.56 Å². The standard InChI is InChI=1S/C31H46N2O10/c1-5-42-29(35)24-32-23-27(11-12-28(32)34)33(30(36)43-31(2,3)4)13-14-37-15-16-38-17-18-39-19-20-40-21-22-41-25-26-9-7-6-8-10-26/h6-12,23H,5,13-22,24-25H2,1-4H3. The van der Waals surface area contributed by atoms with Gasteiger partial charge in [0.2, 0.25) is 0 Å². The Morgan fingerprint density at radius 1 is 0.767 bits per heavy atom. The lowest BCUT2D eigenvalue weighted by Gasteiger charge is -2.27. The minimum absolute atomic E-state index is 0.160. The van der Waals surface area contributed by atoms with Crippen molar-refractivity contribution < 1.29 is 42.7 Å². The maximum absolute atomic E-state index is 12.9. The fourth-order valence-electron chi connectivity index (χ4n) is 3.59. The molecule has 0 radical (unpaired) electrons. The smallest absolute Gasteiger partial charge is 0.414 e. The Kier molecular flexibility index (Phi) is 17.2. The molecule has 12 nitrogen and oxygen atoms in total. The number of nitrogens with zero attached hydrogens (tertiary/aromatic N) is 2. The van der Waals surface area contributed by atoms with Crippen LogP contribution in [0.15, 0.2) is 53.5 Å². The first-order valence-corrected chi connectivity index (χ1v) is 14.5. The van der Waals surface area contributed by atoms with Crippen molar-refractivity contribution in [3.05, 3.63) is 64.6 Å². The third-order valence-corrected chi connectivity index (χ3v) is 5.56. The Morgan fingerprint density at radius 3 is 1.88 bits per heavy atom. The summed E-state index contributed by atoms with van der Waals surface area (Å²) in [7, 11) is 0. The van der Waals surface area contributed by atoms with E-state index >= 15 is 0 Å². The molecule has 1 aromatic heterocycles. The predicted octanol–water partition coefficient (Wildman–Crippen LogP) is 3.44. The fourth-order valence-corrected chi connectivity index (χ4v) is 3.59. The van der Waals surface area contributed by atoms with Crippen LogP contribution in [-0.4, -0.2) is 94.8 Å². The van der Waals surface area contributed by atoms with Gasteiger partial charge in [0.15, 0.2) is 0 Å². The third kappa shape index (κ3) is 16.2. The summed E-state index contributed by atoms with van der Waals surface area (Å²) in [5.41, 5.74) is 0.399. The monoisotopic (exact) mass is 606 g/mol. The average molecular weight is 607 g/mol. The molecule has 0 aliphatic heterocycles. The molecule has 0 fully saturated rings. The maximum atomic E-state index is 12.9. The van der Waals surface area contributed by atoms with E-state index in [4.69, 9.17) is 33.2 Å². The summed E-state index contributed by atoms with van der Waals surface area (Å²) in [6, 6.07) is 12.8. The summed E-state index contributed by atoms with van der Waals surface area (Å²) >= 11 is 0. The molecule has 0 aliphatic rings. The van der Waals surface area contributed by atoms with Crippen molar-refractivity contribution in [1.82, 2.24) is 4.57 Å². The molecular formula is C31H46N2O10. The second-order valence-corrected chi connectivity index (χ2v) is 10.3. The van der Waals surface area contributed by atoms with Gasteiger partial charge in [-0.2, -0.15) is 0 Å². The number of hydrogen-bond donors (Lipinski definition) is 0. The number of benzene rings is 1. The number of aromatic nitrogens is 1. The lowest BCUT2D eigenvalue weighted by molar-refractivity contribution is -0.143. The highest BCUT2D eigenvalue weighted by molar-refractivity contribution is 5.87. The van der Waals surface area contributed by atoms with Crippen molar-refractivity contribution in [2.24, 2.45) is 0 Å². The van der Waals surface area contributed by atoms with Crippen LogP contribution in [0.3, 0.4) is 0 Å². The highest BCUT2D eigenvalue weighted by atomic mass is 16.6. The normalized spacial score (nSPS) is 11.3. The number of esters is 1. The van der Waals surface area contributed by atoms with Gasteiger partial charge in [-0.25, -0.2) is 4.79 Å². The van der Waals surface area contributed by atoms with E-state index < -0.39 is 23.2 Å². The van der Waals surface area contributed by atoms with Gasteiger partial charge in [-0.3, -0.25) is 14.5 Å². The lowest BCUT2D eigenvalue weighted by atomic mass is 10.2. The molecule has 1 aromatic carbocycles. The Balaban J connectivity index is 1.61. The number of ether oxygens (including phenoxy) is 7. The number of carbonyl (C=O) groups is 2. The average Bonchev–Trinajstić information content (AvgIpc) is 2.96. The predicted molar refractivity (Wildman–Crippen MR) is 160 cm³/mol. The van der Waals surface area contributed by atoms with E-state index in [-0.39, 0.29) is 26.3 Å². The van der Waals surface area contributed by atoms with Gasteiger partial charge in [0, 0.05) is 12.3 Å². The molecule has 2 rings (SSSR count). The van der Waals surface area contributed by atoms with Gasteiger partial charge < -0.3 is 37.7 Å². The van der Waals surface area contributed by atoms with Crippen molar-refractivity contribution in [2.75, 3.05) is 77.5 Å². The molecule has 43 heavy (non-hydrogen) atoms. The summed E-state index contributed by atoms with van der Waals surface area (Å²) < 4.78 is 39.4. The number of rotatable bonds is 21. The zero-order chi connectivity index (χ0) is 31.3. The van der Waals surface area contributed by atoms with E-state index in [1.807, 2.05) is 30.3 Å². The molecule has 2 aromatic rings. The lowest BCUT2D eigenvalue weighted by Crippen LogP contribution is -2.39. The minimum atomic E-state index is -0.728. The minimum Gasteiger partial charge on any atom is -0.465 e. The Labute approximate surface area is 253 Å². The van der Waals surface area contributed by atoms with Gasteiger partial charge in [0.05, 0.1) is 84.9 Å². The highest BCUT2D eigenvalue weighted by Crippen LogP contribution is 2.17. The molecule has 0 atom stereocenters. The molecule has 0 saturated carbocycles. The van der Waals surface area contributed by atoms with Crippen molar-refractivity contribution in [2.45, 2.75) is 46.4 Å². The third-order valence-electron chi connectivity index (χ3n) is 5.56. The van der Waals surface area contributed by atoms with Crippen molar-refractivity contribution >= 4 is 17.7 Å². The van der Waals surface area contributed by atoms with Crippen LogP contribution >= 0.6 is 0 Å². The van der Waals surface area contributed by atoms with Crippen molar-refractivity contribution in [3.63, 3.8) is 0 Å². The van der Waals surface area contributed by atoms with Crippen LogP contribution in [0.5, 0.6) is 0 Å². The number of anilines is 1. The molecule has 1 amide bonds. The number of amides is 1.